The number of amides is 2. The van der Waals surface area contributed by atoms with Gasteiger partial charge in [-0.3, -0.25) is 20.4 Å². The summed E-state index contributed by atoms with van der Waals surface area (Å²) in [5.41, 5.74) is 6.79. The maximum Gasteiger partial charge on any atom is 0.276 e. The zero-order valence-electron chi connectivity index (χ0n) is 14.0. The number of hydrogen-bond acceptors (Lipinski definition) is 4. The second-order valence-electron chi connectivity index (χ2n) is 5.37. The highest BCUT2D eigenvalue weighted by Gasteiger charge is 2.09. The first-order valence-electron chi connectivity index (χ1n) is 7.61. The molecule has 0 aromatic heterocycles. The van der Waals surface area contributed by atoms with Crippen LogP contribution in [0.5, 0.6) is 5.75 Å². The molecule has 0 aliphatic carbocycles. The molecule has 0 aliphatic rings. The molecule has 0 saturated carbocycles. The largest absolute Gasteiger partial charge is 0.481 e. The minimum Gasteiger partial charge on any atom is -0.481 e. The van der Waals surface area contributed by atoms with Gasteiger partial charge in [0.15, 0.2) is 18.2 Å². The molecular weight excluding hydrogens is 343 g/mol. The van der Waals surface area contributed by atoms with E-state index in [1.807, 2.05) is 32.0 Å². The Morgan fingerprint density at radius 3 is 2.52 bits per heavy atom. The van der Waals surface area contributed by atoms with Crippen molar-refractivity contribution in [2.75, 3.05) is 12.4 Å². The van der Waals surface area contributed by atoms with Gasteiger partial charge in [-0.25, -0.2) is 4.39 Å². The quantitative estimate of drug-likeness (QED) is 0.613. The van der Waals surface area contributed by atoms with E-state index in [9.17, 15) is 14.0 Å². The summed E-state index contributed by atoms with van der Waals surface area (Å²) in [6.45, 7) is 3.59. The molecule has 0 aliphatic heterocycles. The van der Waals surface area contributed by atoms with Gasteiger partial charge in [-0.05, 0) is 37.6 Å². The number of hydrogen-bond donors (Lipinski definition) is 2. The normalized spacial score (nSPS) is 10.2. The second kappa shape index (κ2) is 9.08. The Bertz CT molecular complexity index is 768. The van der Waals surface area contributed by atoms with Crippen molar-refractivity contribution in [1.82, 2.24) is 10.9 Å². The summed E-state index contributed by atoms with van der Waals surface area (Å²) < 4.78 is 18.4. The summed E-state index contributed by atoms with van der Waals surface area (Å²) in [6, 6.07) is 11.8. The molecule has 2 N–H and O–H groups in total. The zero-order valence-corrected chi connectivity index (χ0v) is 14.8. The Labute approximate surface area is 149 Å². The fraction of sp³-hybridized carbons (Fsp3) is 0.222. The molecule has 0 saturated heterocycles. The predicted molar refractivity (Wildman–Crippen MR) is 94.8 cm³/mol. The van der Waals surface area contributed by atoms with Crippen LogP contribution in [0.15, 0.2) is 47.4 Å². The van der Waals surface area contributed by atoms with Crippen LogP contribution >= 0.6 is 11.8 Å². The van der Waals surface area contributed by atoms with Crippen LogP contribution in [0.1, 0.15) is 11.1 Å². The Kier molecular flexibility index (Phi) is 6.82. The smallest absolute Gasteiger partial charge is 0.276 e. The lowest BCUT2D eigenvalue weighted by molar-refractivity contribution is -0.128. The highest BCUT2D eigenvalue weighted by Crippen LogP contribution is 2.22. The molecule has 7 heteroatoms. The first kappa shape index (κ1) is 18.8. The molecule has 5 nitrogen and oxygen atoms in total. The zero-order chi connectivity index (χ0) is 18.2. The average molecular weight is 362 g/mol. The molecule has 0 heterocycles. The van der Waals surface area contributed by atoms with Gasteiger partial charge in [-0.1, -0.05) is 29.8 Å². The Morgan fingerprint density at radius 1 is 1.08 bits per heavy atom. The third-order valence-corrected chi connectivity index (χ3v) is 4.40. The van der Waals surface area contributed by atoms with Crippen molar-refractivity contribution in [3.63, 3.8) is 0 Å². The SMILES string of the molecule is Cc1ccc(SCC(=O)NNC(=O)COc2ccccc2F)c(C)c1. The fourth-order valence-electron chi connectivity index (χ4n) is 2.02. The molecule has 2 rings (SSSR count). The van der Waals surface area contributed by atoms with Crippen LogP contribution in [-0.2, 0) is 9.59 Å². The first-order chi connectivity index (χ1) is 12.0. The van der Waals surface area contributed by atoms with Gasteiger partial charge in [0.2, 0.25) is 5.91 Å². The fourth-order valence-corrected chi connectivity index (χ4v) is 2.83. The number of rotatable bonds is 6. The number of nitrogens with one attached hydrogen (secondary N) is 2. The highest BCUT2D eigenvalue weighted by molar-refractivity contribution is 8.00. The van der Waals surface area contributed by atoms with E-state index in [4.69, 9.17) is 4.74 Å². The van der Waals surface area contributed by atoms with Crippen molar-refractivity contribution in [3.8, 4) is 5.75 Å². The Hall–Kier alpha value is -2.54. The van der Waals surface area contributed by atoms with Gasteiger partial charge in [0.1, 0.15) is 0 Å². The number of halogens is 1. The lowest BCUT2D eigenvalue weighted by atomic mass is 10.2. The van der Waals surface area contributed by atoms with Crippen LogP contribution in [-0.4, -0.2) is 24.2 Å². The molecule has 0 unspecified atom stereocenters. The molecule has 0 spiro atoms. The summed E-state index contributed by atoms with van der Waals surface area (Å²) in [6.07, 6.45) is 0. The van der Waals surface area contributed by atoms with Crippen LogP contribution in [0.3, 0.4) is 0 Å². The van der Waals surface area contributed by atoms with Gasteiger partial charge in [0.25, 0.3) is 5.91 Å². The van der Waals surface area contributed by atoms with Crippen LogP contribution in [0.25, 0.3) is 0 Å². The summed E-state index contributed by atoms with van der Waals surface area (Å²) in [5.74, 6) is -1.32. The number of hydrazine groups is 1. The third kappa shape index (κ3) is 6.11. The Balaban J connectivity index is 1.70. The van der Waals surface area contributed by atoms with E-state index in [-0.39, 0.29) is 17.4 Å². The molecule has 0 bridgehead atoms. The van der Waals surface area contributed by atoms with E-state index in [1.165, 1.54) is 30.0 Å². The van der Waals surface area contributed by atoms with Crippen molar-refractivity contribution in [2.45, 2.75) is 18.7 Å². The number of thioether (sulfide) groups is 1. The van der Waals surface area contributed by atoms with E-state index in [0.717, 1.165) is 16.0 Å². The van der Waals surface area contributed by atoms with E-state index < -0.39 is 18.3 Å². The molecular formula is C18H19FN2O3S. The number of ether oxygens (including phenoxy) is 1. The van der Waals surface area contributed by atoms with Crippen LogP contribution in [0.2, 0.25) is 0 Å². The van der Waals surface area contributed by atoms with Gasteiger partial charge in [-0.2, -0.15) is 0 Å². The second-order valence-corrected chi connectivity index (χ2v) is 6.39. The molecule has 2 aromatic rings. The van der Waals surface area contributed by atoms with Gasteiger partial charge in [0, 0.05) is 4.90 Å². The minimum atomic E-state index is -0.576. The minimum absolute atomic E-state index is 0.0191. The summed E-state index contributed by atoms with van der Waals surface area (Å²) in [4.78, 5) is 24.4. The number of benzene rings is 2. The summed E-state index contributed by atoms with van der Waals surface area (Å²) in [5, 5.41) is 0. The van der Waals surface area contributed by atoms with Gasteiger partial charge in [-0.15, -0.1) is 11.8 Å². The molecule has 2 aromatic carbocycles. The number of para-hydroxylation sites is 1. The lowest BCUT2D eigenvalue weighted by Gasteiger charge is -2.10. The van der Waals surface area contributed by atoms with Crippen molar-refractivity contribution >= 4 is 23.6 Å². The topological polar surface area (TPSA) is 67.4 Å². The van der Waals surface area contributed by atoms with E-state index in [2.05, 4.69) is 10.9 Å². The van der Waals surface area contributed by atoms with Crippen LogP contribution in [0.4, 0.5) is 4.39 Å². The summed E-state index contributed by atoms with van der Waals surface area (Å²) in [7, 11) is 0. The first-order valence-corrected chi connectivity index (χ1v) is 8.59. The number of carbonyl (C=O) groups excluding carboxylic acids is 2. The van der Waals surface area contributed by atoms with Gasteiger partial charge in [0.05, 0.1) is 5.75 Å². The highest BCUT2D eigenvalue weighted by atomic mass is 32.2. The number of carbonyl (C=O) groups is 2. The predicted octanol–water partition coefficient (Wildman–Crippen LogP) is 2.76. The molecule has 0 radical (unpaired) electrons. The third-order valence-electron chi connectivity index (χ3n) is 3.23. The lowest BCUT2D eigenvalue weighted by Crippen LogP contribution is -2.44. The molecule has 25 heavy (non-hydrogen) atoms. The van der Waals surface area contributed by atoms with Crippen molar-refractivity contribution in [2.24, 2.45) is 0 Å². The van der Waals surface area contributed by atoms with Crippen molar-refractivity contribution in [1.29, 1.82) is 0 Å². The molecule has 132 valence electrons. The number of aryl methyl sites for hydroxylation is 2. The van der Waals surface area contributed by atoms with Gasteiger partial charge >= 0.3 is 0 Å². The van der Waals surface area contributed by atoms with Crippen molar-refractivity contribution < 1.29 is 18.7 Å². The molecule has 0 atom stereocenters. The van der Waals surface area contributed by atoms with Gasteiger partial charge < -0.3 is 4.74 Å². The Morgan fingerprint density at radius 2 is 1.80 bits per heavy atom. The molecule has 0 fully saturated rings. The maximum absolute atomic E-state index is 13.3. The standard InChI is InChI=1S/C18H19FN2O3S/c1-12-7-8-16(13(2)9-12)25-11-18(23)21-20-17(22)10-24-15-6-4-3-5-14(15)19/h3-9H,10-11H2,1-2H3,(H,20,22)(H,21,23). The maximum atomic E-state index is 13.3. The monoisotopic (exact) mass is 362 g/mol. The van der Waals surface area contributed by atoms with Crippen LogP contribution < -0.4 is 15.6 Å². The van der Waals surface area contributed by atoms with E-state index in [1.54, 1.807) is 6.07 Å². The van der Waals surface area contributed by atoms with E-state index >= 15 is 0 Å². The summed E-state index contributed by atoms with van der Waals surface area (Å²) >= 11 is 1.38. The van der Waals surface area contributed by atoms with Crippen molar-refractivity contribution in [3.05, 3.63) is 59.4 Å². The molecule has 2 amide bonds. The van der Waals surface area contributed by atoms with E-state index in [0.29, 0.717) is 0 Å². The van der Waals surface area contributed by atoms with Crippen LogP contribution in [0, 0.1) is 19.7 Å². The average Bonchev–Trinajstić information content (AvgIpc) is 2.58.